The smallest absolute Gasteiger partial charge is 0.238 e. The van der Waals surface area contributed by atoms with Crippen LogP contribution < -0.4 is 10.5 Å². The van der Waals surface area contributed by atoms with E-state index in [0.717, 1.165) is 30.8 Å². The molecule has 0 spiro atoms. The minimum absolute atomic E-state index is 0.0349. The molecule has 1 fully saturated rings. The Labute approximate surface area is 178 Å². The molecule has 1 saturated heterocycles. The van der Waals surface area contributed by atoms with Crippen molar-refractivity contribution < 1.29 is 17.9 Å². The number of primary sulfonamides is 1. The first-order chi connectivity index (χ1) is 14.2. The normalized spacial score (nSPS) is 20.1. The fourth-order valence-electron chi connectivity index (χ4n) is 3.68. The van der Waals surface area contributed by atoms with Gasteiger partial charge in [-0.15, -0.1) is 0 Å². The number of carbonyl (C=O) groups excluding carboxylic acids is 1. The zero-order valence-electron chi connectivity index (χ0n) is 17.4. The standard InChI is InChI=1S/C22H29N3O4S/c1-16-13-25(14-17(2)29-16)15-20-5-3-19(4-6-20)12-24-22(26)11-18-7-9-21(10-8-18)30(23,27)28/h3-10,16-17H,11-15H2,1-2H3,(H,24,26)(H2,23,27,28). The summed E-state index contributed by atoms with van der Waals surface area (Å²) in [6.07, 6.45) is 0.675. The van der Waals surface area contributed by atoms with Crippen LogP contribution in [0.1, 0.15) is 30.5 Å². The SMILES string of the molecule is CC1CN(Cc2ccc(CNC(=O)Cc3ccc(S(N)(=O)=O)cc3)cc2)CC(C)O1. The van der Waals surface area contributed by atoms with Crippen molar-refractivity contribution in [2.45, 2.75) is 50.5 Å². The first-order valence-corrected chi connectivity index (χ1v) is 11.6. The van der Waals surface area contributed by atoms with E-state index in [2.05, 4.69) is 36.2 Å². The fraction of sp³-hybridized carbons (Fsp3) is 0.409. The van der Waals surface area contributed by atoms with Crippen LogP contribution in [0.4, 0.5) is 0 Å². The summed E-state index contributed by atoms with van der Waals surface area (Å²) in [4.78, 5) is 14.6. The second kappa shape index (κ2) is 9.70. The van der Waals surface area contributed by atoms with E-state index >= 15 is 0 Å². The molecular formula is C22H29N3O4S. The van der Waals surface area contributed by atoms with Gasteiger partial charge in [-0.05, 0) is 42.7 Å². The van der Waals surface area contributed by atoms with Gasteiger partial charge in [-0.2, -0.15) is 0 Å². The van der Waals surface area contributed by atoms with Crippen LogP contribution in [0.15, 0.2) is 53.4 Å². The summed E-state index contributed by atoms with van der Waals surface area (Å²) in [6.45, 7) is 7.39. The third-order valence-corrected chi connectivity index (χ3v) is 5.96. The van der Waals surface area contributed by atoms with Crippen LogP contribution in [0.2, 0.25) is 0 Å². The molecule has 2 unspecified atom stereocenters. The molecular weight excluding hydrogens is 402 g/mol. The number of nitrogens with one attached hydrogen (secondary N) is 1. The molecule has 0 aromatic heterocycles. The molecule has 30 heavy (non-hydrogen) atoms. The van der Waals surface area contributed by atoms with E-state index in [-0.39, 0.29) is 29.4 Å². The van der Waals surface area contributed by atoms with Gasteiger partial charge in [-0.1, -0.05) is 36.4 Å². The summed E-state index contributed by atoms with van der Waals surface area (Å²) in [5.41, 5.74) is 2.99. The molecule has 162 valence electrons. The van der Waals surface area contributed by atoms with Gasteiger partial charge in [0.2, 0.25) is 15.9 Å². The second-order valence-corrected chi connectivity index (χ2v) is 9.47. The largest absolute Gasteiger partial charge is 0.373 e. The topological polar surface area (TPSA) is 102 Å². The van der Waals surface area contributed by atoms with Crippen LogP contribution in [0.5, 0.6) is 0 Å². The number of carbonyl (C=O) groups is 1. The molecule has 8 heteroatoms. The lowest BCUT2D eigenvalue weighted by Gasteiger charge is -2.35. The number of nitrogens with zero attached hydrogens (tertiary/aromatic N) is 1. The summed E-state index contributed by atoms with van der Waals surface area (Å²) in [6, 6.07) is 14.3. The maximum absolute atomic E-state index is 12.2. The molecule has 0 radical (unpaired) electrons. The van der Waals surface area contributed by atoms with E-state index in [1.807, 2.05) is 12.1 Å². The zero-order chi connectivity index (χ0) is 21.7. The van der Waals surface area contributed by atoms with E-state index in [0.29, 0.717) is 6.54 Å². The van der Waals surface area contributed by atoms with Crippen LogP contribution in [-0.2, 0) is 39.1 Å². The van der Waals surface area contributed by atoms with Crippen LogP contribution in [0.3, 0.4) is 0 Å². The van der Waals surface area contributed by atoms with E-state index < -0.39 is 10.0 Å². The number of benzene rings is 2. The monoisotopic (exact) mass is 431 g/mol. The summed E-state index contributed by atoms with van der Waals surface area (Å²) in [5.74, 6) is -0.126. The van der Waals surface area contributed by atoms with Crippen LogP contribution in [-0.4, -0.2) is 44.5 Å². The molecule has 1 aliphatic heterocycles. The summed E-state index contributed by atoms with van der Waals surface area (Å²) in [7, 11) is -3.72. The lowest BCUT2D eigenvalue weighted by Crippen LogP contribution is -2.44. The average molecular weight is 432 g/mol. The van der Waals surface area contributed by atoms with Crippen molar-refractivity contribution in [1.82, 2.24) is 10.2 Å². The molecule has 3 N–H and O–H groups in total. The van der Waals surface area contributed by atoms with Gasteiger partial charge in [0.1, 0.15) is 0 Å². The molecule has 2 aromatic rings. The van der Waals surface area contributed by atoms with Crippen LogP contribution in [0, 0.1) is 0 Å². The van der Waals surface area contributed by atoms with Gasteiger partial charge in [-0.3, -0.25) is 9.69 Å². The second-order valence-electron chi connectivity index (χ2n) is 7.91. The Bertz CT molecular complexity index is 949. The predicted molar refractivity (Wildman–Crippen MR) is 115 cm³/mol. The maximum Gasteiger partial charge on any atom is 0.238 e. The highest BCUT2D eigenvalue weighted by Gasteiger charge is 2.21. The number of ether oxygens (including phenoxy) is 1. The highest BCUT2D eigenvalue weighted by atomic mass is 32.2. The van der Waals surface area contributed by atoms with Crippen molar-refractivity contribution in [2.75, 3.05) is 13.1 Å². The van der Waals surface area contributed by atoms with Crippen molar-refractivity contribution >= 4 is 15.9 Å². The van der Waals surface area contributed by atoms with Crippen molar-refractivity contribution in [3.8, 4) is 0 Å². The number of sulfonamides is 1. The van der Waals surface area contributed by atoms with Gasteiger partial charge in [0.15, 0.2) is 0 Å². The molecule has 7 nitrogen and oxygen atoms in total. The number of morpholine rings is 1. The molecule has 0 bridgehead atoms. The molecule has 2 atom stereocenters. The third kappa shape index (κ3) is 6.63. The number of rotatable bonds is 7. The first-order valence-electron chi connectivity index (χ1n) is 10.0. The molecule has 1 aliphatic rings. The number of hydrogen-bond acceptors (Lipinski definition) is 5. The highest BCUT2D eigenvalue weighted by molar-refractivity contribution is 7.89. The van der Waals surface area contributed by atoms with Crippen molar-refractivity contribution in [1.29, 1.82) is 0 Å². The summed E-state index contributed by atoms with van der Waals surface area (Å²) in [5, 5.41) is 7.98. The lowest BCUT2D eigenvalue weighted by atomic mass is 10.1. The van der Waals surface area contributed by atoms with Gasteiger partial charge < -0.3 is 10.1 Å². The molecule has 1 heterocycles. The van der Waals surface area contributed by atoms with Gasteiger partial charge in [0, 0.05) is 26.2 Å². The molecule has 0 aliphatic carbocycles. The number of hydrogen-bond donors (Lipinski definition) is 2. The van der Waals surface area contributed by atoms with E-state index in [4.69, 9.17) is 9.88 Å². The van der Waals surface area contributed by atoms with Crippen LogP contribution in [0.25, 0.3) is 0 Å². The van der Waals surface area contributed by atoms with Crippen molar-refractivity contribution in [3.05, 3.63) is 65.2 Å². The Hall–Kier alpha value is -2.26. The zero-order valence-corrected chi connectivity index (χ0v) is 18.2. The van der Waals surface area contributed by atoms with Gasteiger partial charge in [-0.25, -0.2) is 13.6 Å². The van der Waals surface area contributed by atoms with Gasteiger partial charge in [0.25, 0.3) is 0 Å². The molecule has 2 aromatic carbocycles. The Kier molecular flexibility index (Phi) is 7.25. The lowest BCUT2D eigenvalue weighted by molar-refractivity contribution is -0.120. The number of nitrogens with two attached hydrogens (primary N) is 1. The van der Waals surface area contributed by atoms with Gasteiger partial charge >= 0.3 is 0 Å². The van der Waals surface area contributed by atoms with Crippen LogP contribution >= 0.6 is 0 Å². The predicted octanol–water partition coefficient (Wildman–Crippen LogP) is 1.80. The minimum Gasteiger partial charge on any atom is -0.373 e. The van der Waals surface area contributed by atoms with Crippen molar-refractivity contribution in [3.63, 3.8) is 0 Å². The average Bonchev–Trinajstić information content (AvgIpc) is 2.66. The Morgan fingerprint density at radius 1 is 1.00 bits per heavy atom. The Morgan fingerprint density at radius 3 is 2.10 bits per heavy atom. The third-order valence-electron chi connectivity index (χ3n) is 5.03. The quantitative estimate of drug-likeness (QED) is 0.696. The first kappa shape index (κ1) is 22.4. The minimum atomic E-state index is -3.72. The maximum atomic E-state index is 12.2. The molecule has 0 saturated carbocycles. The van der Waals surface area contributed by atoms with E-state index in [1.54, 1.807) is 12.1 Å². The van der Waals surface area contributed by atoms with E-state index in [9.17, 15) is 13.2 Å². The molecule has 3 rings (SSSR count). The Morgan fingerprint density at radius 2 is 1.53 bits per heavy atom. The number of amides is 1. The van der Waals surface area contributed by atoms with Gasteiger partial charge in [0.05, 0.1) is 23.5 Å². The summed E-state index contributed by atoms with van der Waals surface area (Å²) < 4.78 is 28.3. The molecule has 1 amide bonds. The Balaban J connectivity index is 1.47. The summed E-state index contributed by atoms with van der Waals surface area (Å²) >= 11 is 0. The fourth-order valence-corrected chi connectivity index (χ4v) is 4.20. The van der Waals surface area contributed by atoms with E-state index in [1.165, 1.54) is 17.7 Å². The highest BCUT2D eigenvalue weighted by Crippen LogP contribution is 2.15. The van der Waals surface area contributed by atoms with Crippen molar-refractivity contribution in [2.24, 2.45) is 5.14 Å².